The summed E-state index contributed by atoms with van der Waals surface area (Å²) in [6, 6.07) is 7.58. The number of rotatable bonds is 5. The Morgan fingerprint density at radius 3 is 2.75 bits per heavy atom. The third-order valence-electron chi connectivity index (χ3n) is 3.11. The average Bonchev–Trinajstić information content (AvgIpc) is 2.76. The number of ether oxygens (including phenoxy) is 1. The standard InChI is InChI=1S/C14H16N2O3S/c1-16-10(12(13(17)18)15-14(16)20-3)8-9-6-4-5-7-11(9)19-2/h4-7H,8H2,1-3H3,(H,17,18). The molecule has 2 aromatic rings. The summed E-state index contributed by atoms with van der Waals surface area (Å²) in [5.41, 5.74) is 1.71. The quantitative estimate of drug-likeness (QED) is 0.858. The van der Waals surface area contributed by atoms with E-state index in [2.05, 4.69) is 4.98 Å². The summed E-state index contributed by atoms with van der Waals surface area (Å²) in [4.78, 5) is 15.5. The van der Waals surface area contributed by atoms with Crippen LogP contribution >= 0.6 is 11.8 Å². The molecule has 0 radical (unpaired) electrons. The fourth-order valence-corrected chi connectivity index (χ4v) is 2.66. The Kier molecular flexibility index (Phi) is 4.34. The van der Waals surface area contributed by atoms with Gasteiger partial charge in [-0.2, -0.15) is 0 Å². The van der Waals surface area contributed by atoms with Crippen LogP contribution in [0.3, 0.4) is 0 Å². The lowest BCUT2D eigenvalue weighted by Crippen LogP contribution is -2.06. The maximum absolute atomic E-state index is 11.3. The summed E-state index contributed by atoms with van der Waals surface area (Å²) in [6.07, 6.45) is 2.34. The molecule has 0 spiro atoms. The van der Waals surface area contributed by atoms with Crippen LogP contribution in [0, 0.1) is 0 Å². The highest BCUT2D eigenvalue weighted by Crippen LogP contribution is 2.25. The molecule has 1 aromatic heterocycles. The van der Waals surface area contributed by atoms with E-state index < -0.39 is 5.97 Å². The number of carboxylic acids is 1. The Hall–Kier alpha value is -1.95. The number of benzene rings is 1. The van der Waals surface area contributed by atoms with E-state index in [1.165, 1.54) is 11.8 Å². The molecular formula is C14H16N2O3S. The van der Waals surface area contributed by atoms with Gasteiger partial charge in [0.25, 0.3) is 0 Å². The van der Waals surface area contributed by atoms with Gasteiger partial charge in [0.1, 0.15) is 5.75 Å². The number of aromatic nitrogens is 2. The number of methoxy groups -OCH3 is 1. The second-order valence-electron chi connectivity index (χ2n) is 4.25. The van der Waals surface area contributed by atoms with Gasteiger partial charge in [-0.25, -0.2) is 9.78 Å². The van der Waals surface area contributed by atoms with Crippen molar-refractivity contribution in [2.45, 2.75) is 11.6 Å². The molecule has 1 aromatic carbocycles. The van der Waals surface area contributed by atoms with Gasteiger partial charge in [-0.1, -0.05) is 30.0 Å². The number of carboxylic acid groups (broad SMARTS) is 1. The highest BCUT2D eigenvalue weighted by Gasteiger charge is 2.20. The number of hydrogen-bond donors (Lipinski definition) is 1. The number of imidazole rings is 1. The van der Waals surface area contributed by atoms with Gasteiger partial charge in [0.2, 0.25) is 0 Å². The highest BCUT2D eigenvalue weighted by molar-refractivity contribution is 7.98. The first-order valence-electron chi connectivity index (χ1n) is 6.03. The molecule has 0 fully saturated rings. The van der Waals surface area contributed by atoms with E-state index in [1.54, 1.807) is 7.11 Å². The van der Waals surface area contributed by atoms with Gasteiger partial charge in [0.15, 0.2) is 10.9 Å². The molecule has 1 heterocycles. The van der Waals surface area contributed by atoms with E-state index in [0.717, 1.165) is 11.3 Å². The van der Waals surface area contributed by atoms with Crippen LogP contribution in [0.25, 0.3) is 0 Å². The van der Waals surface area contributed by atoms with Crippen LogP contribution in [-0.4, -0.2) is 34.0 Å². The van der Waals surface area contributed by atoms with Crippen molar-refractivity contribution in [3.63, 3.8) is 0 Å². The summed E-state index contributed by atoms with van der Waals surface area (Å²) in [5, 5.41) is 9.97. The lowest BCUT2D eigenvalue weighted by atomic mass is 10.1. The molecule has 0 bridgehead atoms. The molecule has 0 atom stereocenters. The van der Waals surface area contributed by atoms with E-state index in [9.17, 15) is 9.90 Å². The smallest absolute Gasteiger partial charge is 0.356 e. The van der Waals surface area contributed by atoms with Gasteiger partial charge >= 0.3 is 5.97 Å². The zero-order valence-electron chi connectivity index (χ0n) is 11.6. The molecule has 0 aliphatic rings. The predicted octanol–water partition coefficient (Wildman–Crippen LogP) is 2.44. The second kappa shape index (κ2) is 6.00. The average molecular weight is 292 g/mol. The fourth-order valence-electron chi connectivity index (χ4n) is 2.10. The van der Waals surface area contributed by atoms with Crippen molar-refractivity contribution in [3.8, 4) is 5.75 Å². The topological polar surface area (TPSA) is 64.3 Å². The first kappa shape index (κ1) is 14.5. The number of carbonyl (C=O) groups is 1. The summed E-state index contributed by atoms with van der Waals surface area (Å²) in [7, 11) is 3.43. The van der Waals surface area contributed by atoms with Gasteiger partial charge in [-0.3, -0.25) is 0 Å². The Bertz CT molecular complexity index is 637. The van der Waals surface area contributed by atoms with Gasteiger partial charge in [-0.15, -0.1) is 0 Å². The third-order valence-corrected chi connectivity index (χ3v) is 3.84. The van der Waals surface area contributed by atoms with Gasteiger partial charge in [0, 0.05) is 19.0 Å². The zero-order chi connectivity index (χ0) is 14.7. The van der Waals surface area contributed by atoms with Crippen molar-refractivity contribution in [1.82, 2.24) is 9.55 Å². The Morgan fingerprint density at radius 2 is 2.15 bits per heavy atom. The minimum Gasteiger partial charge on any atom is -0.496 e. The molecule has 0 saturated heterocycles. The van der Waals surface area contributed by atoms with Gasteiger partial charge in [0.05, 0.1) is 12.8 Å². The summed E-state index contributed by atoms with van der Waals surface area (Å²) < 4.78 is 7.13. The fraction of sp³-hybridized carbons (Fsp3) is 0.286. The summed E-state index contributed by atoms with van der Waals surface area (Å²) in [6.45, 7) is 0. The van der Waals surface area contributed by atoms with Gasteiger partial charge < -0.3 is 14.4 Å². The van der Waals surface area contributed by atoms with Crippen LogP contribution in [-0.2, 0) is 13.5 Å². The molecule has 0 aliphatic heterocycles. The van der Waals surface area contributed by atoms with Crippen LogP contribution < -0.4 is 4.74 Å². The van der Waals surface area contributed by atoms with Crippen molar-refractivity contribution in [3.05, 3.63) is 41.2 Å². The first-order valence-corrected chi connectivity index (χ1v) is 7.25. The molecule has 20 heavy (non-hydrogen) atoms. The van der Waals surface area contributed by atoms with Crippen molar-refractivity contribution in [2.75, 3.05) is 13.4 Å². The van der Waals surface area contributed by atoms with E-state index >= 15 is 0 Å². The van der Waals surface area contributed by atoms with Crippen LogP contribution in [0.2, 0.25) is 0 Å². The largest absolute Gasteiger partial charge is 0.496 e. The van der Waals surface area contributed by atoms with E-state index in [4.69, 9.17) is 4.74 Å². The second-order valence-corrected chi connectivity index (χ2v) is 5.02. The lowest BCUT2D eigenvalue weighted by Gasteiger charge is -2.09. The first-order chi connectivity index (χ1) is 9.58. The minimum absolute atomic E-state index is 0.0998. The molecule has 0 aliphatic carbocycles. The maximum Gasteiger partial charge on any atom is 0.356 e. The van der Waals surface area contributed by atoms with E-state index in [1.807, 2.05) is 42.1 Å². The Morgan fingerprint density at radius 1 is 1.45 bits per heavy atom. The van der Waals surface area contributed by atoms with E-state index in [0.29, 0.717) is 17.3 Å². The third kappa shape index (κ3) is 2.65. The van der Waals surface area contributed by atoms with Crippen LogP contribution in [0.4, 0.5) is 0 Å². The van der Waals surface area contributed by atoms with Crippen molar-refractivity contribution in [2.24, 2.45) is 7.05 Å². The molecule has 0 saturated carbocycles. The number of thioether (sulfide) groups is 1. The SMILES string of the molecule is COc1ccccc1Cc1c(C(=O)O)nc(SC)n1C. The van der Waals surface area contributed by atoms with Crippen LogP contribution in [0.5, 0.6) is 5.75 Å². The molecule has 5 nitrogen and oxygen atoms in total. The van der Waals surface area contributed by atoms with Gasteiger partial charge in [-0.05, 0) is 12.3 Å². The molecule has 2 rings (SSSR count). The number of aromatic carboxylic acids is 1. The van der Waals surface area contributed by atoms with Crippen LogP contribution in [0.1, 0.15) is 21.7 Å². The Labute approximate surface area is 121 Å². The van der Waals surface area contributed by atoms with Crippen molar-refractivity contribution >= 4 is 17.7 Å². The molecule has 0 amide bonds. The molecule has 0 unspecified atom stereocenters. The molecule has 1 N–H and O–H groups in total. The Balaban J connectivity index is 2.47. The number of para-hydroxylation sites is 1. The summed E-state index contributed by atoms with van der Waals surface area (Å²) in [5.74, 6) is -0.262. The highest BCUT2D eigenvalue weighted by atomic mass is 32.2. The van der Waals surface area contributed by atoms with E-state index in [-0.39, 0.29) is 5.69 Å². The lowest BCUT2D eigenvalue weighted by molar-refractivity contribution is 0.0689. The number of hydrogen-bond acceptors (Lipinski definition) is 4. The summed E-state index contributed by atoms with van der Waals surface area (Å²) >= 11 is 1.43. The maximum atomic E-state index is 11.3. The molecule has 106 valence electrons. The normalized spacial score (nSPS) is 10.6. The zero-order valence-corrected chi connectivity index (χ0v) is 12.4. The van der Waals surface area contributed by atoms with Crippen molar-refractivity contribution in [1.29, 1.82) is 0 Å². The predicted molar refractivity (Wildman–Crippen MR) is 77.7 cm³/mol. The molecule has 6 heteroatoms. The van der Waals surface area contributed by atoms with Crippen molar-refractivity contribution < 1.29 is 14.6 Å². The number of nitrogens with zero attached hydrogens (tertiary/aromatic N) is 2. The molecular weight excluding hydrogens is 276 g/mol. The monoisotopic (exact) mass is 292 g/mol. The minimum atomic E-state index is -1.01. The van der Waals surface area contributed by atoms with Crippen LogP contribution in [0.15, 0.2) is 29.4 Å².